The van der Waals surface area contributed by atoms with E-state index < -0.39 is 0 Å². The van der Waals surface area contributed by atoms with Crippen LogP contribution >= 0.6 is 0 Å². The van der Waals surface area contributed by atoms with Crippen LogP contribution in [-0.4, -0.2) is 60.8 Å². The Kier molecular flexibility index (Phi) is 98.7. The molecule has 25 valence electrons. The molecule has 0 aliphatic rings. The molecule has 0 saturated carbocycles. The van der Waals surface area contributed by atoms with Gasteiger partial charge in [0, 0.05) is 55.2 Å². The zero-order valence-corrected chi connectivity index (χ0v) is 3.90. The largest absolute Gasteiger partial charge is 0.316 e. The zero-order chi connectivity index (χ0) is 0. The van der Waals surface area contributed by atoms with Crippen LogP contribution < -0.4 is 0 Å². The third-order valence-electron chi connectivity index (χ3n) is 0. The standard InChI is InChI=1S/Ca.Dy.Mg.Mn.4H. The summed E-state index contributed by atoms with van der Waals surface area (Å²) in [5.74, 6) is 0. The van der Waals surface area contributed by atoms with Gasteiger partial charge in [0.25, 0.3) is 0 Å². The van der Waals surface area contributed by atoms with Gasteiger partial charge in [0.1, 0.15) is 0 Å². The molecule has 0 spiro atoms. The molecule has 0 nitrogen and oxygen atoms in total. The van der Waals surface area contributed by atoms with Crippen LogP contribution in [0.1, 0.15) is 0 Å². The van der Waals surface area contributed by atoms with Crippen molar-refractivity contribution in [3.05, 3.63) is 0 Å². The molecule has 0 heterocycles. The Hall–Kier alpha value is 3.82. The minimum Gasteiger partial charge on any atom is 0 e. The SMILES string of the molecule is [CaH2].[Dy].[MgH2].[Mn]. The molecule has 0 aromatic carbocycles. The maximum absolute atomic E-state index is 0. The van der Waals surface area contributed by atoms with Gasteiger partial charge in [0.2, 0.25) is 0 Å². The summed E-state index contributed by atoms with van der Waals surface area (Å²) >= 11 is 0. The van der Waals surface area contributed by atoms with Gasteiger partial charge in [0.05, 0.1) is 0 Å². The van der Waals surface area contributed by atoms with Crippen LogP contribution in [0.3, 0.4) is 0 Å². The van der Waals surface area contributed by atoms with Crippen LogP contribution in [0.15, 0.2) is 0 Å². The van der Waals surface area contributed by atoms with Gasteiger partial charge in [-0.25, -0.2) is 0 Å². The predicted octanol–water partition coefficient (Wildman–Crippen LogP) is -1.83. The molecular weight excluding hydrogens is 282 g/mol. The van der Waals surface area contributed by atoms with Crippen LogP contribution in [0.4, 0.5) is 0 Å². The normalized spacial score (nSPS) is 0. The van der Waals surface area contributed by atoms with Crippen LogP contribution in [-0.2, 0) is 17.1 Å². The Morgan fingerprint density at radius 1 is 1.00 bits per heavy atom. The van der Waals surface area contributed by atoms with Crippen molar-refractivity contribution in [1.82, 2.24) is 0 Å². The Labute approximate surface area is 113 Å². The molecule has 0 aromatic rings. The number of rotatable bonds is 0. The third kappa shape index (κ3) is 9.26. The molecular formula is H4CaDyMgMn. The van der Waals surface area contributed by atoms with E-state index in [1.165, 1.54) is 0 Å². The molecule has 1 radical (unpaired) electrons. The minimum atomic E-state index is 0. The third-order valence-corrected chi connectivity index (χ3v) is 0. The van der Waals surface area contributed by atoms with Crippen molar-refractivity contribution in [3.8, 4) is 0 Å². The second-order valence-corrected chi connectivity index (χ2v) is 0. The van der Waals surface area contributed by atoms with Gasteiger partial charge in [-0.2, -0.15) is 0 Å². The van der Waals surface area contributed by atoms with Crippen molar-refractivity contribution in [3.63, 3.8) is 0 Å². The fourth-order valence-corrected chi connectivity index (χ4v) is 0. The molecule has 0 amide bonds. The average Bonchev–Trinajstić information content (AvgIpc) is 0. The maximum atomic E-state index is 0. The van der Waals surface area contributed by atoms with E-state index >= 15 is 0 Å². The van der Waals surface area contributed by atoms with E-state index in [1.807, 2.05) is 0 Å². The van der Waals surface area contributed by atoms with Crippen molar-refractivity contribution in [2.45, 2.75) is 0 Å². The Morgan fingerprint density at radius 2 is 1.00 bits per heavy atom. The van der Waals surface area contributed by atoms with Gasteiger partial charge in [-0.05, 0) is 0 Å². The van der Waals surface area contributed by atoms with E-state index in [0.29, 0.717) is 0 Å². The summed E-state index contributed by atoms with van der Waals surface area (Å²) in [6, 6.07) is 0. The van der Waals surface area contributed by atoms with Crippen LogP contribution in [0.25, 0.3) is 0 Å². The topological polar surface area (TPSA) is 0 Å². The molecule has 0 aliphatic carbocycles. The fourth-order valence-electron chi connectivity index (χ4n) is 0. The molecule has 0 bridgehead atoms. The van der Waals surface area contributed by atoms with Gasteiger partial charge in [-0.3, -0.25) is 0 Å². The molecule has 0 N–H and O–H groups in total. The van der Waals surface area contributed by atoms with Gasteiger partial charge in [-0.15, -0.1) is 0 Å². The summed E-state index contributed by atoms with van der Waals surface area (Å²) in [7, 11) is 0. The first-order valence-electron chi connectivity index (χ1n) is 0. The first-order chi connectivity index (χ1) is 0. The fraction of sp³-hybridized carbons (Fsp3) is 0. The molecule has 0 aromatic heterocycles. The van der Waals surface area contributed by atoms with Gasteiger partial charge >= 0.3 is 60.8 Å². The van der Waals surface area contributed by atoms with Crippen molar-refractivity contribution in [2.24, 2.45) is 0 Å². The first-order valence-corrected chi connectivity index (χ1v) is 0. The quantitative estimate of drug-likeness (QED) is 0.459. The number of hydrogen-bond donors (Lipinski definition) is 0. The van der Waals surface area contributed by atoms with E-state index in [0.717, 1.165) is 0 Å². The van der Waals surface area contributed by atoms with E-state index in [-0.39, 0.29) is 116 Å². The van der Waals surface area contributed by atoms with Gasteiger partial charge in [-0.1, -0.05) is 0 Å². The monoisotopic (exact) mass is 287 g/mol. The van der Waals surface area contributed by atoms with Crippen LogP contribution in [0.5, 0.6) is 0 Å². The summed E-state index contributed by atoms with van der Waals surface area (Å²) in [6.07, 6.45) is 0. The van der Waals surface area contributed by atoms with E-state index in [2.05, 4.69) is 0 Å². The summed E-state index contributed by atoms with van der Waals surface area (Å²) in [4.78, 5) is 0. The smallest absolute Gasteiger partial charge is 0 e. The van der Waals surface area contributed by atoms with Crippen molar-refractivity contribution >= 4 is 60.8 Å². The number of hydrogen-bond acceptors (Lipinski definition) is 0. The summed E-state index contributed by atoms with van der Waals surface area (Å²) in [5, 5.41) is 0. The van der Waals surface area contributed by atoms with Crippen molar-refractivity contribution < 1.29 is 55.2 Å². The second kappa shape index (κ2) is 15.8. The van der Waals surface area contributed by atoms with E-state index in [1.54, 1.807) is 0 Å². The molecule has 0 saturated heterocycles. The van der Waals surface area contributed by atoms with E-state index in [4.69, 9.17) is 0 Å². The first kappa shape index (κ1) is 24.9. The summed E-state index contributed by atoms with van der Waals surface area (Å²) in [6.45, 7) is 0. The predicted molar refractivity (Wildman–Crippen MR) is 17.1 cm³/mol. The minimum absolute atomic E-state index is 0. The molecule has 0 unspecified atom stereocenters. The maximum Gasteiger partial charge on any atom is 0.316 e. The molecule has 0 rings (SSSR count). The molecule has 0 aliphatic heterocycles. The molecule has 4 heteroatoms. The average molecular weight is 286 g/mol. The van der Waals surface area contributed by atoms with Gasteiger partial charge < -0.3 is 0 Å². The van der Waals surface area contributed by atoms with Crippen molar-refractivity contribution in [2.75, 3.05) is 0 Å². The Morgan fingerprint density at radius 3 is 1.00 bits per heavy atom. The molecule has 4 heavy (non-hydrogen) atoms. The Balaban J connectivity index is 0. The second-order valence-electron chi connectivity index (χ2n) is 0. The molecule has 0 atom stereocenters. The van der Waals surface area contributed by atoms with E-state index in [9.17, 15) is 0 Å². The van der Waals surface area contributed by atoms with Crippen LogP contribution in [0, 0.1) is 38.2 Å². The summed E-state index contributed by atoms with van der Waals surface area (Å²) in [5.41, 5.74) is 0. The van der Waals surface area contributed by atoms with Crippen LogP contribution in [0.2, 0.25) is 0 Å². The van der Waals surface area contributed by atoms with Gasteiger partial charge in [0.15, 0.2) is 0 Å². The Bertz CT molecular complexity index is 8.00. The summed E-state index contributed by atoms with van der Waals surface area (Å²) < 4.78 is 0. The molecule has 0 fully saturated rings. The van der Waals surface area contributed by atoms with Crippen molar-refractivity contribution in [1.29, 1.82) is 0 Å². The zero-order valence-electron chi connectivity index (χ0n) is 0.694.